The smallest absolute Gasteiger partial charge is 0.412 e. The Bertz CT molecular complexity index is 1510. The summed E-state index contributed by atoms with van der Waals surface area (Å²) in [5.74, 6) is 1.19. The minimum atomic E-state index is -4.32. The zero-order valence-corrected chi connectivity index (χ0v) is 26.7. The number of nitrogens with zero attached hydrogens (tertiary/aromatic N) is 1. The highest BCUT2D eigenvalue weighted by Crippen LogP contribution is 2.56. The molecule has 42 heavy (non-hydrogen) atoms. The second kappa shape index (κ2) is 11.7. The topological polar surface area (TPSA) is 108 Å². The molecule has 9 nitrogen and oxygen atoms in total. The largest absolute Gasteiger partial charge is 0.497 e. The molecular weight excluding hydrogens is 577 g/mol. The van der Waals surface area contributed by atoms with Crippen LogP contribution in [-0.4, -0.2) is 57.2 Å². The van der Waals surface area contributed by atoms with Gasteiger partial charge in [0.25, 0.3) is 10.1 Å². The summed E-state index contributed by atoms with van der Waals surface area (Å²) >= 11 is 0. The number of hydrogen-bond donors (Lipinski definition) is 0. The monoisotopic (exact) mass is 615 g/mol. The Kier molecular flexibility index (Phi) is 8.84. The molecule has 11 heteroatoms. The van der Waals surface area contributed by atoms with Crippen molar-refractivity contribution < 1.29 is 36.2 Å². The van der Waals surface area contributed by atoms with E-state index in [1.54, 1.807) is 95.7 Å². The molecular formula is C31H38NO8PS. The Hall–Kier alpha value is -3.33. The quantitative estimate of drug-likeness (QED) is 0.243. The highest BCUT2D eigenvalue weighted by atomic mass is 32.2. The SMILES string of the molecule is COc1ccc(P(=O)(c2ccc(OC)cc2)[C@@H]2CN(C(=O)OC(C)(C)C)[C@@](C)(OS(=O)(=O)c3ccc(C)cc3)C2)cc1. The Balaban J connectivity index is 1.83. The van der Waals surface area contributed by atoms with E-state index in [4.69, 9.17) is 18.4 Å². The summed E-state index contributed by atoms with van der Waals surface area (Å²) in [6.45, 7) is 8.47. The predicted octanol–water partition coefficient (Wildman–Crippen LogP) is 5.46. The molecule has 2 atom stereocenters. The lowest BCUT2D eigenvalue weighted by Crippen LogP contribution is -2.49. The van der Waals surface area contributed by atoms with E-state index in [0.29, 0.717) is 22.1 Å². The van der Waals surface area contributed by atoms with Crippen LogP contribution in [0.5, 0.6) is 11.5 Å². The molecule has 1 saturated heterocycles. The van der Waals surface area contributed by atoms with Gasteiger partial charge in [-0.25, -0.2) is 8.98 Å². The van der Waals surface area contributed by atoms with Crippen molar-refractivity contribution >= 4 is 34.0 Å². The number of hydrogen-bond acceptors (Lipinski definition) is 8. The standard InChI is InChI=1S/C31H38NO8PS/c1-22-8-18-28(19-9-22)42(35,36)40-31(5)20-27(21-32(31)29(33)39-30(2,3)4)41(34,25-14-10-23(37-6)11-15-25)26-16-12-24(38-7)13-17-26/h8-19,27H,20-21H2,1-7H3/t27-,31-/m0/s1. The number of ether oxygens (including phenoxy) is 3. The predicted molar refractivity (Wildman–Crippen MR) is 162 cm³/mol. The third kappa shape index (κ3) is 6.51. The van der Waals surface area contributed by atoms with Crippen LogP contribution in [0.3, 0.4) is 0 Å². The lowest BCUT2D eigenvalue weighted by Gasteiger charge is -2.35. The van der Waals surface area contributed by atoms with Crippen molar-refractivity contribution in [3.63, 3.8) is 0 Å². The highest BCUT2D eigenvalue weighted by Gasteiger charge is 2.55. The molecule has 0 spiro atoms. The second-order valence-electron chi connectivity index (χ2n) is 11.5. The summed E-state index contributed by atoms with van der Waals surface area (Å²) < 4.78 is 64.5. The van der Waals surface area contributed by atoms with Gasteiger partial charge in [0.2, 0.25) is 0 Å². The fourth-order valence-corrected chi connectivity index (χ4v) is 9.60. The molecule has 3 aromatic carbocycles. The molecule has 0 radical (unpaired) electrons. The van der Waals surface area contributed by atoms with Crippen LogP contribution in [0.15, 0.2) is 77.7 Å². The molecule has 1 aliphatic rings. The first-order valence-corrected chi connectivity index (χ1v) is 16.7. The molecule has 0 aliphatic carbocycles. The molecule has 1 aliphatic heterocycles. The normalized spacial score (nSPS) is 19.4. The first kappa shape index (κ1) is 31.6. The lowest BCUT2D eigenvalue weighted by molar-refractivity contribution is -0.0511. The van der Waals surface area contributed by atoms with Crippen LogP contribution in [0.25, 0.3) is 0 Å². The Labute approximate surface area is 248 Å². The van der Waals surface area contributed by atoms with Crippen LogP contribution >= 0.6 is 7.14 Å². The Morgan fingerprint density at radius 1 is 0.881 bits per heavy atom. The van der Waals surface area contributed by atoms with Gasteiger partial charge >= 0.3 is 6.09 Å². The van der Waals surface area contributed by atoms with E-state index in [2.05, 4.69) is 0 Å². The van der Waals surface area contributed by atoms with Gasteiger partial charge in [-0.3, -0.25) is 4.90 Å². The molecule has 4 rings (SSSR count). The van der Waals surface area contributed by atoms with Crippen molar-refractivity contribution in [2.45, 2.75) is 62.9 Å². The van der Waals surface area contributed by atoms with E-state index in [1.807, 2.05) is 6.92 Å². The lowest BCUT2D eigenvalue weighted by atomic mass is 10.2. The van der Waals surface area contributed by atoms with Crippen molar-refractivity contribution in [3.05, 3.63) is 78.4 Å². The van der Waals surface area contributed by atoms with Gasteiger partial charge in [-0.05, 0) is 95.3 Å². The van der Waals surface area contributed by atoms with E-state index in [9.17, 15) is 13.2 Å². The van der Waals surface area contributed by atoms with Crippen molar-refractivity contribution in [2.75, 3.05) is 20.8 Å². The van der Waals surface area contributed by atoms with Crippen molar-refractivity contribution in [1.29, 1.82) is 0 Å². The van der Waals surface area contributed by atoms with Gasteiger partial charge in [0.1, 0.15) is 24.2 Å². The summed E-state index contributed by atoms with van der Waals surface area (Å²) in [6.07, 6.45) is -0.797. The van der Waals surface area contributed by atoms with Gasteiger partial charge in [-0.2, -0.15) is 8.42 Å². The van der Waals surface area contributed by atoms with Gasteiger partial charge in [0, 0.05) is 29.2 Å². The van der Waals surface area contributed by atoms with Crippen LogP contribution in [-0.2, 0) is 23.6 Å². The molecule has 1 fully saturated rings. The maximum absolute atomic E-state index is 15.4. The minimum absolute atomic E-state index is 0.0350. The number of carbonyl (C=O) groups is 1. The molecule has 0 saturated carbocycles. The van der Waals surface area contributed by atoms with E-state index >= 15 is 4.57 Å². The van der Waals surface area contributed by atoms with E-state index in [0.717, 1.165) is 5.56 Å². The van der Waals surface area contributed by atoms with Gasteiger partial charge in [-0.1, -0.05) is 17.7 Å². The first-order chi connectivity index (χ1) is 19.6. The summed E-state index contributed by atoms with van der Waals surface area (Å²) in [5.41, 5.74) is -2.37. The highest BCUT2D eigenvalue weighted by molar-refractivity contribution is 7.86. The minimum Gasteiger partial charge on any atom is -0.497 e. The molecule has 0 bridgehead atoms. The maximum atomic E-state index is 15.4. The number of amides is 1. The Morgan fingerprint density at radius 2 is 1.36 bits per heavy atom. The Morgan fingerprint density at radius 3 is 1.79 bits per heavy atom. The number of methoxy groups -OCH3 is 2. The van der Waals surface area contributed by atoms with Crippen LogP contribution in [0, 0.1) is 6.92 Å². The average molecular weight is 616 g/mol. The fourth-order valence-electron chi connectivity index (χ4n) is 5.09. The molecule has 0 aromatic heterocycles. The summed E-state index contributed by atoms with van der Waals surface area (Å²) in [4.78, 5) is 14.8. The molecule has 0 unspecified atom stereocenters. The third-order valence-corrected chi connectivity index (χ3v) is 12.2. The van der Waals surface area contributed by atoms with Gasteiger partial charge in [-0.15, -0.1) is 0 Å². The van der Waals surface area contributed by atoms with Crippen LogP contribution in [0.4, 0.5) is 4.79 Å². The van der Waals surface area contributed by atoms with Crippen molar-refractivity contribution in [1.82, 2.24) is 4.90 Å². The van der Waals surface area contributed by atoms with Crippen LogP contribution in [0.2, 0.25) is 0 Å². The molecule has 1 amide bonds. The van der Waals surface area contributed by atoms with Gasteiger partial charge < -0.3 is 18.8 Å². The summed E-state index contributed by atoms with van der Waals surface area (Å²) in [5, 5.41) is 1.07. The number of benzene rings is 3. The van der Waals surface area contributed by atoms with E-state index in [1.165, 1.54) is 24.0 Å². The number of rotatable bonds is 8. The van der Waals surface area contributed by atoms with Crippen LogP contribution < -0.4 is 20.1 Å². The van der Waals surface area contributed by atoms with Crippen molar-refractivity contribution in [3.8, 4) is 11.5 Å². The fraction of sp³-hybridized carbons (Fsp3) is 0.387. The second-order valence-corrected chi connectivity index (χ2v) is 16.2. The number of likely N-dealkylation sites (tertiary alicyclic amines) is 1. The van der Waals surface area contributed by atoms with Gasteiger partial charge in [0.15, 0.2) is 5.72 Å². The number of carbonyl (C=O) groups excluding carboxylic acids is 1. The number of aryl methyl sites for hydroxylation is 1. The summed E-state index contributed by atoms with van der Waals surface area (Å²) in [7, 11) is -4.74. The van der Waals surface area contributed by atoms with E-state index < -0.39 is 40.3 Å². The molecule has 3 aromatic rings. The zero-order chi connectivity index (χ0) is 30.9. The summed E-state index contributed by atoms with van der Waals surface area (Å²) in [6, 6.07) is 20.1. The van der Waals surface area contributed by atoms with Crippen molar-refractivity contribution in [2.24, 2.45) is 0 Å². The van der Waals surface area contributed by atoms with Crippen LogP contribution in [0.1, 0.15) is 39.7 Å². The molecule has 0 N–H and O–H groups in total. The molecule has 1 heterocycles. The van der Waals surface area contributed by atoms with E-state index in [-0.39, 0.29) is 17.9 Å². The molecule has 226 valence electrons. The zero-order valence-electron chi connectivity index (χ0n) is 25.0. The third-order valence-electron chi connectivity index (χ3n) is 7.22. The maximum Gasteiger partial charge on any atom is 0.412 e. The average Bonchev–Trinajstić information content (AvgIpc) is 3.28. The first-order valence-electron chi connectivity index (χ1n) is 13.5. The van der Waals surface area contributed by atoms with Gasteiger partial charge in [0.05, 0.1) is 19.1 Å².